The summed E-state index contributed by atoms with van der Waals surface area (Å²) in [4.78, 5) is 0. The Kier molecular flexibility index (Phi) is 7.37. The molecule has 0 radical (unpaired) electrons. The van der Waals surface area contributed by atoms with Crippen molar-refractivity contribution in [3.8, 4) is 5.75 Å². The van der Waals surface area contributed by atoms with Crippen LogP contribution in [0.15, 0.2) is 36.4 Å². The van der Waals surface area contributed by atoms with Gasteiger partial charge in [0.05, 0.1) is 5.56 Å². The van der Waals surface area contributed by atoms with Crippen LogP contribution in [0.1, 0.15) is 74.5 Å². The third kappa shape index (κ3) is 5.73. The van der Waals surface area contributed by atoms with Crippen molar-refractivity contribution in [3.05, 3.63) is 64.7 Å². The molecule has 0 aliphatic heterocycles. The van der Waals surface area contributed by atoms with E-state index in [0.717, 1.165) is 30.4 Å². The quantitative estimate of drug-likeness (QED) is 0.407. The molecule has 0 aromatic heterocycles. The highest BCUT2D eigenvalue weighted by atomic mass is 19.4. The third-order valence-corrected chi connectivity index (χ3v) is 6.00. The molecule has 30 heavy (non-hydrogen) atoms. The van der Waals surface area contributed by atoms with Crippen molar-refractivity contribution in [1.82, 2.24) is 0 Å². The Morgan fingerprint density at radius 1 is 0.933 bits per heavy atom. The number of ether oxygens (including phenoxy) is 1. The van der Waals surface area contributed by atoms with E-state index < -0.39 is 23.4 Å². The first-order chi connectivity index (χ1) is 14.3. The van der Waals surface area contributed by atoms with Crippen molar-refractivity contribution in [2.45, 2.75) is 70.6 Å². The molecule has 1 nitrogen and oxygen atoms in total. The van der Waals surface area contributed by atoms with Crippen LogP contribution in [0.2, 0.25) is 0 Å². The molecule has 1 fully saturated rings. The van der Waals surface area contributed by atoms with Crippen LogP contribution >= 0.6 is 0 Å². The van der Waals surface area contributed by atoms with Gasteiger partial charge in [-0.05, 0) is 67.3 Å². The van der Waals surface area contributed by atoms with Gasteiger partial charge in [-0.25, -0.2) is 8.78 Å². The highest BCUT2D eigenvalue weighted by Crippen LogP contribution is 2.38. The zero-order valence-electron chi connectivity index (χ0n) is 17.1. The Bertz CT molecular complexity index is 838. The Labute approximate surface area is 174 Å². The molecule has 0 N–H and O–H groups in total. The second-order valence-corrected chi connectivity index (χ2v) is 8.14. The minimum atomic E-state index is -4.81. The van der Waals surface area contributed by atoms with Gasteiger partial charge in [0.25, 0.3) is 0 Å². The van der Waals surface area contributed by atoms with Crippen LogP contribution in [0.25, 0.3) is 0 Å². The van der Waals surface area contributed by atoms with Crippen molar-refractivity contribution in [2.24, 2.45) is 5.92 Å². The van der Waals surface area contributed by atoms with E-state index in [1.807, 2.05) is 6.07 Å². The van der Waals surface area contributed by atoms with Gasteiger partial charge in [0, 0.05) is 5.56 Å². The second-order valence-electron chi connectivity index (χ2n) is 8.14. The van der Waals surface area contributed by atoms with Gasteiger partial charge in [0.1, 0.15) is 24.0 Å². The van der Waals surface area contributed by atoms with Crippen LogP contribution in [0, 0.1) is 17.6 Å². The van der Waals surface area contributed by atoms with Crippen LogP contribution in [0.3, 0.4) is 0 Å². The van der Waals surface area contributed by atoms with E-state index in [2.05, 4.69) is 6.92 Å². The number of halogens is 5. The fourth-order valence-corrected chi connectivity index (χ4v) is 4.18. The summed E-state index contributed by atoms with van der Waals surface area (Å²) >= 11 is 0. The predicted octanol–water partition coefficient (Wildman–Crippen LogP) is 8.03. The lowest BCUT2D eigenvalue weighted by atomic mass is 9.77. The summed E-state index contributed by atoms with van der Waals surface area (Å²) in [6, 6.07) is 7.43. The molecular weight excluding hydrogens is 399 g/mol. The molecule has 164 valence electrons. The molecule has 1 aliphatic rings. The van der Waals surface area contributed by atoms with Gasteiger partial charge in [-0.1, -0.05) is 38.3 Å². The monoisotopic (exact) mass is 426 g/mol. The maximum atomic E-state index is 14.6. The van der Waals surface area contributed by atoms with Gasteiger partial charge in [0.2, 0.25) is 0 Å². The zero-order valence-corrected chi connectivity index (χ0v) is 17.1. The number of hydrogen-bond acceptors (Lipinski definition) is 1. The molecule has 2 aromatic carbocycles. The van der Waals surface area contributed by atoms with Gasteiger partial charge in [-0.2, -0.15) is 13.2 Å². The zero-order chi connectivity index (χ0) is 21.7. The minimum Gasteiger partial charge on any atom is -0.489 e. The minimum absolute atomic E-state index is 0.155. The number of benzene rings is 2. The first-order valence-electron chi connectivity index (χ1n) is 10.6. The molecule has 6 heteroatoms. The first kappa shape index (κ1) is 22.6. The lowest BCUT2D eigenvalue weighted by Crippen LogP contribution is -2.14. The van der Waals surface area contributed by atoms with Crippen LogP contribution in [0.5, 0.6) is 5.75 Å². The van der Waals surface area contributed by atoms with Gasteiger partial charge < -0.3 is 4.74 Å². The van der Waals surface area contributed by atoms with Crippen molar-refractivity contribution < 1.29 is 26.7 Å². The third-order valence-electron chi connectivity index (χ3n) is 6.00. The molecular formula is C24H27F5O. The second kappa shape index (κ2) is 9.80. The Morgan fingerprint density at radius 3 is 2.30 bits per heavy atom. The normalized spacial score (nSPS) is 19.7. The topological polar surface area (TPSA) is 9.23 Å². The number of rotatable bonds is 7. The fourth-order valence-electron chi connectivity index (χ4n) is 4.18. The summed E-state index contributed by atoms with van der Waals surface area (Å²) in [7, 11) is 0. The molecule has 0 spiro atoms. The molecule has 0 bridgehead atoms. The van der Waals surface area contributed by atoms with Crippen LogP contribution in [0.4, 0.5) is 22.0 Å². The largest absolute Gasteiger partial charge is 0.489 e. The fraction of sp³-hybridized carbons (Fsp3) is 0.500. The van der Waals surface area contributed by atoms with Crippen LogP contribution < -0.4 is 4.74 Å². The van der Waals surface area contributed by atoms with E-state index in [-0.39, 0.29) is 17.9 Å². The summed E-state index contributed by atoms with van der Waals surface area (Å²) in [5, 5.41) is 0. The van der Waals surface area contributed by atoms with E-state index >= 15 is 0 Å². The lowest BCUT2D eigenvalue weighted by molar-refractivity contribution is -0.140. The molecule has 2 aromatic rings. The Balaban J connectivity index is 1.60. The predicted molar refractivity (Wildman–Crippen MR) is 106 cm³/mol. The van der Waals surface area contributed by atoms with Crippen LogP contribution in [-0.2, 0) is 12.8 Å². The molecule has 0 amide bonds. The van der Waals surface area contributed by atoms with E-state index in [1.165, 1.54) is 38.2 Å². The van der Waals surface area contributed by atoms with Gasteiger partial charge in [0.15, 0.2) is 0 Å². The highest BCUT2D eigenvalue weighted by Gasteiger charge is 2.34. The summed E-state index contributed by atoms with van der Waals surface area (Å²) < 4.78 is 71.6. The molecule has 0 unspecified atom stereocenters. The summed E-state index contributed by atoms with van der Waals surface area (Å²) in [6.45, 7) is 1.98. The average Bonchev–Trinajstić information content (AvgIpc) is 2.72. The smallest absolute Gasteiger partial charge is 0.419 e. The molecule has 3 rings (SSSR count). The maximum Gasteiger partial charge on any atom is 0.419 e. The SMILES string of the molecule is CCCCC1CCC(c2ccc(COc3ccc(F)c(C(F)(F)F)c3)c(F)c2)CC1. The Hall–Kier alpha value is -2.11. The average molecular weight is 426 g/mol. The lowest BCUT2D eigenvalue weighted by Gasteiger charge is -2.29. The Morgan fingerprint density at radius 2 is 1.67 bits per heavy atom. The highest BCUT2D eigenvalue weighted by molar-refractivity contribution is 5.32. The summed E-state index contributed by atoms with van der Waals surface area (Å²) in [5.74, 6) is -0.832. The first-order valence-corrected chi connectivity index (χ1v) is 10.6. The van der Waals surface area contributed by atoms with E-state index in [0.29, 0.717) is 18.1 Å². The van der Waals surface area contributed by atoms with Crippen molar-refractivity contribution in [2.75, 3.05) is 0 Å². The molecule has 0 atom stereocenters. The van der Waals surface area contributed by atoms with E-state index in [4.69, 9.17) is 4.74 Å². The van der Waals surface area contributed by atoms with Crippen molar-refractivity contribution >= 4 is 0 Å². The number of unbranched alkanes of at least 4 members (excludes halogenated alkanes) is 1. The molecule has 0 saturated heterocycles. The van der Waals surface area contributed by atoms with Gasteiger partial charge in [-0.3, -0.25) is 0 Å². The standard InChI is InChI=1S/C24H27F5O/c1-2-3-4-16-5-7-17(8-6-16)18-9-10-19(23(26)13-18)15-30-20-11-12-22(25)21(14-20)24(27,28)29/h9-14,16-17H,2-8,15H2,1H3. The van der Waals surface area contributed by atoms with Gasteiger partial charge in [-0.15, -0.1) is 0 Å². The summed E-state index contributed by atoms with van der Waals surface area (Å²) in [5.41, 5.74) is -0.176. The summed E-state index contributed by atoms with van der Waals surface area (Å²) in [6.07, 6.45) is 3.38. The number of hydrogen-bond donors (Lipinski definition) is 0. The molecule has 1 saturated carbocycles. The molecule has 1 aliphatic carbocycles. The van der Waals surface area contributed by atoms with Crippen molar-refractivity contribution in [1.29, 1.82) is 0 Å². The van der Waals surface area contributed by atoms with Crippen LogP contribution in [-0.4, -0.2) is 0 Å². The van der Waals surface area contributed by atoms with E-state index in [9.17, 15) is 22.0 Å². The van der Waals surface area contributed by atoms with Crippen molar-refractivity contribution in [3.63, 3.8) is 0 Å². The maximum absolute atomic E-state index is 14.6. The van der Waals surface area contributed by atoms with Gasteiger partial charge >= 0.3 is 6.18 Å². The molecule has 0 heterocycles. The number of alkyl halides is 3. The van der Waals surface area contributed by atoms with E-state index in [1.54, 1.807) is 6.07 Å².